The molecule has 0 saturated carbocycles. The molecule has 116 valence electrons. The maximum atomic E-state index is 11.9. The Balaban J connectivity index is 1.83. The van der Waals surface area contributed by atoms with Crippen molar-refractivity contribution in [2.24, 2.45) is 5.11 Å². The predicted octanol–water partition coefficient (Wildman–Crippen LogP) is 4.04. The Labute approximate surface area is 137 Å². The summed E-state index contributed by atoms with van der Waals surface area (Å²) < 4.78 is 5.15. The first-order valence-electron chi connectivity index (χ1n) is 6.88. The summed E-state index contributed by atoms with van der Waals surface area (Å²) in [6.07, 6.45) is 2.49. The van der Waals surface area contributed by atoms with Crippen molar-refractivity contribution in [2.75, 3.05) is 18.0 Å². The molecule has 0 aliphatic carbocycles. The van der Waals surface area contributed by atoms with Gasteiger partial charge in [0.25, 0.3) is 0 Å². The van der Waals surface area contributed by atoms with Gasteiger partial charge in [-0.15, -0.1) is 0 Å². The summed E-state index contributed by atoms with van der Waals surface area (Å²) in [5.41, 5.74) is 10.7. The Morgan fingerprint density at radius 2 is 2.35 bits per heavy atom. The number of rotatable bonds is 4. The van der Waals surface area contributed by atoms with Gasteiger partial charge in [0, 0.05) is 34.1 Å². The van der Waals surface area contributed by atoms with E-state index in [9.17, 15) is 4.79 Å². The number of nitrogens with zero attached hydrogens (tertiary/aromatic N) is 5. The molecule has 0 bridgehead atoms. The van der Waals surface area contributed by atoms with Gasteiger partial charge in [-0.25, -0.2) is 4.79 Å². The molecule has 1 aromatic heterocycles. The summed E-state index contributed by atoms with van der Waals surface area (Å²) in [4.78, 5) is 20.1. The normalized spacial score (nSPS) is 16.8. The van der Waals surface area contributed by atoms with Crippen LogP contribution in [0.15, 0.2) is 47.8 Å². The fourth-order valence-corrected chi connectivity index (χ4v) is 2.67. The number of carbonyl (C=O) groups excluding carboxylic acids is 1. The molecule has 23 heavy (non-hydrogen) atoms. The summed E-state index contributed by atoms with van der Waals surface area (Å²) in [6.45, 7) is 0.431. The first-order chi connectivity index (χ1) is 11.2. The van der Waals surface area contributed by atoms with Crippen LogP contribution < -0.4 is 4.90 Å². The Bertz CT molecular complexity index is 777. The molecule has 2 aromatic rings. The maximum Gasteiger partial charge on any atom is 0.414 e. The third kappa shape index (κ3) is 3.21. The van der Waals surface area contributed by atoms with Gasteiger partial charge >= 0.3 is 6.09 Å². The van der Waals surface area contributed by atoms with E-state index < -0.39 is 12.2 Å². The minimum absolute atomic E-state index is 0.111. The van der Waals surface area contributed by atoms with Gasteiger partial charge in [-0.2, -0.15) is 0 Å². The van der Waals surface area contributed by atoms with Crippen molar-refractivity contribution >= 4 is 23.4 Å². The fraction of sp³-hybridized carbons (Fsp3) is 0.200. The molecule has 1 atom stereocenters. The third-order valence-electron chi connectivity index (χ3n) is 3.46. The van der Waals surface area contributed by atoms with E-state index in [0.717, 1.165) is 11.1 Å². The minimum Gasteiger partial charge on any atom is -0.444 e. The number of hydrogen-bond donors (Lipinski definition) is 0. The quantitative estimate of drug-likeness (QED) is 0.481. The first kappa shape index (κ1) is 15.1. The minimum atomic E-state index is -0.478. The van der Waals surface area contributed by atoms with Crippen molar-refractivity contribution in [1.29, 1.82) is 0 Å². The number of hydrogen-bond acceptors (Lipinski definition) is 4. The van der Waals surface area contributed by atoms with Gasteiger partial charge in [-0.05, 0) is 23.7 Å². The van der Waals surface area contributed by atoms with Crippen LogP contribution >= 0.6 is 11.6 Å². The van der Waals surface area contributed by atoms with E-state index >= 15 is 0 Å². The number of azide groups is 1. The molecule has 1 saturated heterocycles. The van der Waals surface area contributed by atoms with Gasteiger partial charge < -0.3 is 4.74 Å². The lowest BCUT2D eigenvalue weighted by Crippen LogP contribution is -2.25. The monoisotopic (exact) mass is 329 g/mol. The number of halogens is 1. The van der Waals surface area contributed by atoms with Gasteiger partial charge in [0.15, 0.2) is 0 Å². The van der Waals surface area contributed by atoms with Crippen LogP contribution in [-0.2, 0) is 4.74 Å². The van der Waals surface area contributed by atoms with E-state index in [2.05, 4.69) is 15.0 Å². The van der Waals surface area contributed by atoms with Crippen molar-refractivity contribution in [2.45, 2.75) is 6.10 Å². The van der Waals surface area contributed by atoms with Crippen LogP contribution in [-0.4, -0.2) is 30.3 Å². The molecule has 8 heteroatoms. The second-order valence-corrected chi connectivity index (χ2v) is 5.34. The molecule has 0 spiro atoms. The van der Waals surface area contributed by atoms with Crippen LogP contribution in [0.5, 0.6) is 0 Å². The zero-order valence-electron chi connectivity index (χ0n) is 12.0. The number of ether oxygens (including phenoxy) is 1. The Morgan fingerprint density at radius 1 is 1.48 bits per heavy atom. The molecule has 2 heterocycles. The highest BCUT2D eigenvalue weighted by Crippen LogP contribution is 2.32. The smallest absolute Gasteiger partial charge is 0.414 e. The third-order valence-corrected chi connectivity index (χ3v) is 3.77. The molecule has 0 radical (unpaired) electrons. The summed E-state index contributed by atoms with van der Waals surface area (Å²) in [5.74, 6) is 0. The highest BCUT2D eigenvalue weighted by molar-refractivity contribution is 6.33. The lowest BCUT2D eigenvalue weighted by Gasteiger charge is -2.14. The molecule has 1 aliphatic heterocycles. The zero-order chi connectivity index (χ0) is 16.2. The SMILES string of the molecule is [N-]=[N+]=NC[C@H]1CN(c2ccc(-c3cccnc3)c(Cl)c2)C(=O)O1. The zero-order valence-corrected chi connectivity index (χ0v) is 12.7. The van der Waals surface area contributed by atoms with Crippen LogP contribution in [0.4, 0.5) is 10.5 Å². The fourth-order valence-electron chi connectivity index (χ4n) is 2.38. The van der Waals surface area contributed by atoms with Crippen LogP contribution in [0, 0.1) is 0 Å². The van der Waals surface area contributed by atoms with Gasteiger partial charge in [0.05, 0.1) is 18.1 Å². The summed E-state index contributed by atoms with van der Waals surface area (Å²) in [7, 11) is 0. The molecule has 0 N–H and O–H groups in total. The molecular weight excluding hydrogens is 318 g/mol. The molecular formula is C15H12ClN5O2. The van der Waals surface area contributed by atoms with E-state index in [1.807, 2.05) is 18.2 Å². The average molecular weight is 330 g/mol. The number of amides is 1. The van der Waals surface area contributed by atoms with Gasteiger partial charge in [0.1, 0.15) is 6.10 Å². The van der Waals surface area contributed by atoms with E-state index in [1.165, 1.54) is 4.90 Å². The summed E-state index contributed by atoms with van der Waals surface area (Å²) in [6, 6.07) is 9.08. The predicted molar refractivity (Wildman–Crippen MR) is 86.3 cm³/mol. The molecule has 1 aromatic carbocycles. The number of aromatic nitrogens is 1. The van der Waals surface area contributed by atoms with Gasteiger partial charge in [0.2, 0.25) is 0 Å². The Kier molecular flexibility index (Phi) is 4.32. The highest BCUT2D eigenvalue weighted by Gasteiger charge is 2.32. The lowest BCUT2D eigenvalue weighted by molar-refractivity contribution is 0.145. The summed E-state index contributed by atoms with van der Waals surface area (Å²) >= 11 is 6.34. The highest BCUT2D eigenvalue weighted by atomic mass is 35.5. The first-order valence-corrected chi connectivity index (χ1v) is 7.26. The van der Waals surface area contributed by atoms with Gasteiger partial charge in [-0.1, -0.05) is 28.8 Å². The molecule has 7 nitrogen and oxygen atoms in total. The van der Waals surface area contributed by atoms with E-state index in [0.29, 0.717) is 17.3 Å². The van der Waals surface area contributed by atoms with E-state index in [-0.39, 0.29) is 6.54 Å². The van der Waals surface area contributed by atoms with Crippen LogP contribution in [0.2, 0.25) is 5.02 Å². The molecule has 0 unspecified atom stereocenters. The standard InChI is InChI=1S/C15H12ClN5O2/c16-14-6-11(3-4-13(14)10-2-1-5-18-7-10)21-9-12(8-19-20-17)23-15(21)22/h1-7,12H,8-9H2/t12-/m0/s1. The van der Waals surface area contributed by atoms with Crippen molar-refractivity contribution < 1.29 is 9.53 Å². The van der Waals surface area contributed by atoms with Gasteiger partial charge in [-0.3, -0.25) is 9.88 Å². The molecule has 3 rings (SSSR count). The largest absolute Gasteiger partial charge is 0.444 e. The number of benzene rings is 1. The maximum absolute atomic E-state index is 11.9. The van der Waals surface area contributed by atoms with Crippen molar-refractivity contribution in [3.8, 4) is 11.1 Å². The second kappa shape index (κ2) is 6.56. The molecule has 1 amide bonds. The Hall–Kier alpha value is -2.76. The van der Waals surface area contributed by atoms with Crippen molar-refractivity contribution in [3.63, 3.8) is 0 Å². The topological polar surface area (TPSA) is 91.2 Å². The van der Waals surface area contributed by atoms with Crippen LogP contribution in [0.1, 0.15) is 0 Å². The molecule has 1 fully saturated rings. The van der Waals surface area contributed by atoms with Crippen molar-refractivity contribution in [1.82, 2.24) is 4.98 Å². The van der Waals surface area contributed by atoms with Crippen molar-refractivity contribution in [3.05, 3.63) is 58.2 Å². The summed E-state index contributed by atoms with van der Waals surface area (Å²) in [5, 5.41) is 3.95. The van der Waals surface area contributed by atoms with Crippen LogP contribution in [0.3, 0.4) is 0 Å². The number of anilines is 1. The lowest BCUT2D eigenvalue weighted by atomic mass is 10.1. The number of carbonyl (C=O) groups is 1. The average Bonchev–Trinajstić information content (AvgIpc) is 2.94. The Morgan fingerprint density at radius 3 is 3.04 bits per heavy atom. The second-order valence-electron chi connectivity index (χ2n) is 4.94. The van der Waals surface area contributed by atoms with Crippen LogP contribution in [0.25, 0.3) is 21.6 Å². The number of pyridine rings is 1. The van der Waals surface area contributed by atoms with E-state index in [1.54, 1.807) is 24.5 Å². The van der Waals surface area contributed by atoms with E-state index in [4.69, 9.17) is 21.9 Å². The number of cyclic esters (lactones) is 1. The molecule has 1 aliphatic rings.